The number of piperidine rings is 1. The normalized spacial score (nSPS) is 20.5. The zero-order valence-electron chi connectivity index (χ0n) is 17.1. The molecule has 29 heavy (non-hydrogen) atoms. The Bertz CT molecular complexity index is 907. The molecule has 0 aliphatic carbocycles. The molecule has 0 saturated carbocycles. The smallest absolute Gasteiger partial charge is 0.237 e. The number of rotatable bonds is 7. The molecule has 2 saturated heterocycles. The maximum atomic E-state index is 12.0. The second kappa shape index (κ2) is 8.45. The number of benzene rings is 1. The molecule has 7 heteroatoms. The Balaban J connectivity index is 1.51. The van der Waals surface area contributed by atoms with Crippen molar-refractivity contribution >= 4 is 22.7 Å². The minimum atomic E-state index is -0.349. The third kappa shape index (κ3) is 4.40. The van der Waals surface area contributed by atoms with Crippen molar-refractivity contribution in [2.75, 3.05) is 33.3 Å². The summed E-state index contributed by atoms with van der Waals surface area (Å²) in [5.41, 5.74) is 7.62. The highest BCUT2D eigenvalue weighted by atomic mass is 16.5. The number of nitrogens with zero attached hydrogens (tertiary/aromatic N) is 3. The second-order valence-corrected chi connectivity index (χ2v) is 8.32. The highest BCUT2D eigenvalue weighted by Gasteiger charge is 2.27. The zero-order valence-corrected chi connectivity index (χ0v) is 17.1. The lowest BCUT2D eigenvalue weighted by molar-refractivity contribution is -0.128. The van der Waals surface area contributed by atoms with Crippen LogP contribution in [-0.4, -0.2) is 59.5 Å². The predicted molar refractivity (Wildman–Crippen MR) is 111 cm³/mol. The highest BCUT2D eigenvalue weighted by Crippen LogP contribution is 2.29. The van der Waals surface area contributed by atoms with Gasteiger partial charge < -0.3 is 19.9 Å². The number of ether oxygens (including phenoxy) is 1. The summed E-state index contributed by atoms with van der Waals surface area (Å²) in [5.74, 6) is 1.29. The Labute approximate surface area is 171 Å². The number of likely N-dealkylation sites (tertiary alicyclic amines) is 2. The number of methoxy groups -OCH3 is 1. The molecule has 0 unspecified atom stereocenters. The molecular formula is C22H30N4O3. The summed E-state index contributed by atoms with van der Waals surface area (Å²) in [4.78, 5) is 28.0. The zero-order chi connectivity index (χ0) is 20.4. The standard InChI is InChI=1S/C22H30N4O3/c1-29-18-6-7-20-19(10-18)17(14-26(20)15-21(23)27)13-24-8-2-4-16(11-24)12-25-9-3-5-22(25)28/h6-7,10,14,16H,2-5,8-9,11-13,15H2,1H3,(H2,23,27)/t16-/m1/s1. The molecule has 156 valence electrons. The SMILES string of the molecule is COc1ccc2c(c1)c(CN1CCC[C@@H](CN3CCCC3=O)C1)cn2CC(N)=O. The fourth-order valence-electron chi connectivity index (χ4n) is 4.80. The van der Waals surface area contributed by atoms with Crippen LogP contribution in [0.2, 0.25) is 0 Å². The quantitative estimate of drug-likeness (QED) is 0.773. The van der Waals surface area contributed by atoms with E-state index in [1.165, 1.54) is 12.0 Å². The molecule has 1 aromatic carbocycles. The van der Waals surface area contributed by atoms with Gasteiger partial charge in [-0.2, -0.15) is 0 Å². The number of fused-ring (bicyclic) bond motifs is 1. The average Bonchev–Trinajstić information content (AvgIpc) is 3.25. The summed E-state index contributed by atoms with van der Waals surface area (Å²) in [7, 11) is 1.66. The molecule has 3 heterocycles. The Hall–Kier alpha value is -2.54. The van der Waals surface area contributed by atoms with Crippen molar-refractivity contribution in [3.05, 3.63) is 30.0 Å². The summed E-state index contributed by atoms with van der Waals surface area (Å²) >= 11 is 0. The van der Waals surface area contributed by atoms with Gasteiger partial charge >= 0.3 is 0 Å². The first-order chi connectivity index (χ1) is 14.0. The van der Waals surface area contributed by atoms with Crippen LogP contribution in [0.3, 0.4) is 0 Å². The van der Waals surface area contributed by atoms with Crippen LogP contribution >= 0.6 is 0 Å². The van der Waals surface area contributed by atoms with E-state index in [2.05, 4.69) is 4.90 Å². The van der Waals surface area contributed by atoms with Gasteiger partial charge in [-0.25, -0.2) is 0 Å². The summed E-state index contributed by atoms with van der Waals surface area (Å²) in [6, 6.07) is 5.93. The van der Waals surface area contributed by atoms with Crippen molar-refractivity contribution in [1.82, 2.24) is 14.4 Å². The molecule has 2 fully saturated rings. The monoisotopic (exact) mass is 398 g/mol. The fraction of sp³-hybridized carbons (Fsp3) is 0.545. The van der Waals surface area contributed by atoms with Gasteiger partial charge in [-0.3, -0.25) is 14.5 Å². The molecule has 2 aliphatic heterocycles. The first-order valence-corrected chi connectivity index (χ1v) is 10.5. The number of hydrogen-bond acceptors (Lipinski definition) is 4. The van der Waals surface area contributed by atoms with Gasteiger partial charge in [0.1, 0.15) is 12.3 Å². The molecular weight excluding hydrogens is 368 g/mol. The number of carbonyl (C=O) groups excluding carboxylic acids is 2. The van der Waals surface area contributed by atoms with Crippen LogP contribution in [0.4, 0.5) is 0 Å². The van der Waals surface area contributed by atoms with Gasteiger partial charge in [0.2, 0.25) is 11.8 Å². The van der Waals surface area contributed by atoms with Gasteiger partial charge in [-0.05, 0) is 55.5 Å². The van der Waals surface area contributed by atoms with Crippen molar-refractivity contribution in [2.24, 2.45) is 11.7 Å². The lowest BCUT2D eigenvalue weighted by Gasteiger charge is -2.34. The molecule has 0 bridgehead atoms. The van der Waals surface area contributed by atoms with Crippen LogP contribution in [0.25, 0.3) is 10.9 Å². The summed E-state index contributed by atoms with van der Waals surface area (Å²) in [5, 5.41) is 1.10. The first-order valence-electron chi connectivity index (χ1n) is 10.5. The third-order valence-corrected chi connectivity index (χ3v) is 6.14. The van der Waals surface area contributed by atoms with Gasteiger partial charge in [-0.1, -0.05) is 0 Å². The molecule has 2 aromatic rings. The van der Waals surface area contributed by atoms with Crippen molar-refractivity contribution in [3.8, 4) is 5.75 Å². The van der Waals surface area contributed by atoms with Crippen LogP contribution in [0.5, 0.6) is 5.75 Å². The maximum Gasteiger partial charge on any atom is 0.237 e. The fourth-order valence-corrected chi connectivity index (χ4v) is 4.80. The van der Waals surface area contributed by atoms with E-state index in [1.54, 1.807) is 7.11 Å². The molecule has 0 spiro atoms. The first kappa shape index (κ1) is 19.8. The number of primary amides is 1. The Morgan fingerprint density at radius 1 is 1.28 bits per heavy atom. The second-order valence-electron chi connectivity index (χ2n) is 8.32. The number of amides is 2. The maximum absolute atomic E-state index is 12.0. The largest absolute Gasteiger partial charge is 0.497 e. The molecule has 2 N–H and O–H groups in total. The Morgan fingerprint density at radius 3 is 2.86 bits per heavy atom. The van der Waals surface area contributed by atoms with Crippen molar-refractivity contribution in [3.63, 3.8) is 0 Å². The van der Waals surface area contributed by atoms with E-state index in [9.17, 15) is 9.59 Å². The van der Waals surface area contributed by atoms with Gasteiger partial charge in [-0.15, -0.1) is 0 Å². The number of aromatic nitrogens is 1. The lowest BCUT2D eigenvalue weighted by atomic mass is 9.97. The minimum absolute atomic E-state index is 0.169. The van der Waals surface area contributed by atoms with Gasteiger partial charge in [0, 0.05) is 49.7 Å². The Kier molecular flexibility index (Phi) is 5.76. The van der Waals surface area contributed by atoms with Gasteiger partial charge in [0.25, 0.3) is 0 Å². The van der Waals surface area contributed by atoms with E-state index in [0.29, 0.717) is 18.2 Å². The van der Waals surface area contributed by atoms with Crippen LogP contribution in [0.15, 0.2) is 24.4 Å². The van der Waals surface area contributed by atoms with Crippen LogP contribution in [-0.2, 0) is 22.7 Å². The van der Waals surface area contributed by atoms with Crippen LogP contribution in [0.1, 0.15) is 31.2 Å². The number of carbonyl (C=O) groups is 2. The minimum Gasteiger partial charge on any atom is -0.497 e. The van der Waals surface area contributed by atoms with E-state index >= 15 is 0 Å². The van der Waals surface area contributed by atoms with Crippen LogP contribution < -0.4 is 10.5 Å². The summed E-state index contributed by atoms with van der Waals surface area (Å²) in [6.07, 6.45) is 6.07. The van der Waals surface area contributed by atoms with E-state index in [-0.39, 0.29) is 12.5 Å². The Morgan fingerprint density at radius 2 is 2.14 bits per heavy atom. The molecule has 1 atom stereocenters. The van der Waals surface area contributed by atoms with E-state index < -0.39 is 0 Å². The topological polar surface area (TPSA) is 80.8 Å². The van der Waals surface area contributed by atoms with Gasteiger partial charge in [0.15, 0.2) is 0 Å². The highest BCUT2D eigenvalue weighted by molar-refractivity contribution is 5.87. The van der Waals surface area contributed by atoms with Gasteiger partial charge in [0.05, 0.1) is 7.11 Å². The molecule has 7 nitrogen and oxygen atoms in total. The third-order valence-electron chi connectivity index (χ3n) is 6.14. The molecule has 0 radical (unpaired) electrons. The van der Waals surface area contributed by atoms with Crippen molar-refractivity contribution in [2.45, 2.75) is 38.8 Å². The summed E-state index contributed by atoms with van der Waals surface area (Å²) in [6.45, 7) is 4.83. The number of nitrogens with two attached hydrogens (primary N) is 1. The predicted octanol–water partition coefficient (Wildman–Crippen LogP) is 1.97. The lowest BCUT2D eigenvalue weighted by Crippen LogP contribution is -2.41. The molecule has 1 aromatic heterocycles. The van der Waals surface area contributed by atoms with Crippen molar-refractivity contribution in [1.29, 1.82) is 0 Å². The molecule has 2 amide bonds. The number of hydrogen-bond donors (Lipinski definition) is 1. The molecule has 4 rings (SSSR count). The van der Waals surface area contributed by atoms with E-state index in [4.69, 9.17) is 10.5 Å². The van der Waals surface area contributed by atoms with E-state index in [0.717, 1.165) is 62.2 Å². The average molecular weight is 399 g/mol. The van der Waals surface area contributed by atoms with E-state index in [1.807, 2.05) is 33.9 Å². The summed E-state index contributed by atoms with van der Waals surface area (Å²) < 4.78 is 7.33. The van der Waals surface area contributed by atoms with Crippen molar-refractivity contribution < 1.29 is 14.3 Å². The van der Waals surface area contributed by atoms with Crippen LogP contribution in [0, 0.1) is 5.92 Å². The molecule has 2 aliphatic rings.